The van der Waals surface area contributed by atoms with E-state index in [9.17, 15) is 14.7 Å². The molecule has 0 radical (unpaired) electrons. The Kier molecular flexibility index (Phi) is 7.51. The molecule has 0 saturated heterocycles. The van der Waals surface area contributed by atoms with Crippen LogP contribution in [0.3, 0.4) is 0 Å². The number of aliphatic hydroxyl groups is 1. The van der Waals surface area contributed by atoms with E-state index in [2.05, 4.69) is 13.8 Å². The molecule has 0 bridgehead atoms. The number of benzene rings is 1. The number of aliphatic hydroxyl groups excluding tert-OH is 1. The molecule has 7 heteroatoms. The Morgan fingerprint density at radius 2 is 2.03 bits per heavy atom. The lowest BCUT2D eigenvalue weighted by molar-refractivity contribution is -0.129. The van der Waals surface area contributed by atoms with Crippen molar-refractivity contribution < 1.29 is 19.4 Å². The summed E-state index contributed by atoms with van der Waals surface area (Å²) in [6, 6.07) is 10.3. The fourth-order valence-electron chi connectivity index (χ4n) is 3.50. The minimum Gasteiger partial charge on any atom is -0.503 e. The number of carbonyl (C=O) groups excluding carboxylic acids is 2. The second-order valence-electron chi connectivity index (χ2n) is 8.38. The number of carbonyl (C=O) groups is 2. The van der Waals surface area contributed by atoms with Gasteiger partial charge >= 0.3 is 0 Å². The highest BCUT2D eigenvalue weighted by Crippen LogP contribution is 2.40. The Labute approximate surface area is 187 Å². The average molecular weight is 443 g/mol. The van der Waals surface area contributed by atoms with E-state index in [0.29, 0.717) is 36.2 Å². The third-order valence-electron chi connectivity index (χ3n) is 5.22. The summed E-state index contributed by atoms with van der Waals surface area (Å²) in [5, 5.41) is 12.5. The van der Waals surface area contributed by atoms with Gasteiger partial charge in [-0.3, -0.25) is 9.59 Å². The molecule has 1 unspecified atom stereocenters. The molecule has 1 N–H and O–H groups in total. The van der Waals surface area contributed by atoms with Gasteiger partial charge in [0.05, 0.1) is 23.1 Å². The molecule has 1 atom stereocenters. The minimum absolute atomic E-state index is 0.130. The highest BCUT2D eigenvalue weighted by molar-refractivity contribution is 7.12. The molecule has 1 aliphatic heterocycles. The van der Waals surface area contributed by atoms with Crippen LogP contribution in [0.2, 0.25) is 0 Å². The van der Waals surface area contributed by atoms with Crippen LogP contribution in [0, 0.1) is 5.92 Å². The molecule has 1 aliphatic rings. The van der Waals surface area contributed by atoms with Crippen LogP contribution in [-0.4, -0.2) is 60.4 Å². The standard InChI is InChI=1S/C24H30N2O4S/c1-16(2)10-13-30-18-8-5-7-17(15-18)21-20(22(27)19-9-6-14-31-19)23(28)24(29)26(21)12-11-25(3)4/h5-9,14-16,21,28H,10-13H2,1-4H3. The van der Waals surface area contributed by atoms with Crippen molar-refractivity contribution in [2.75, 3.05) is 33.8 Å². The van der Waals surface area contributed by atoms with E-state index in [-0.39, 0.29) is 11.4 Å². The molecule has 166 valence electrons. The molecule has 0 spiro atoms. The molecule has 3 rings (SSSR count). The van der Waals surface area contributed by atoms with E-state index in [1.165, 1.54) is 11.3 Å². The highest BCUT2D eigenvalue weighted by atomic mass is 32.1. The second-order valence-corrected chi connectivity index (χ2v) is 9.32. The maximum atomic E-state index is 13.2. The molecule has 2 heterocycles. The molecule has 31 heavy (non-hydrogen) atoms. The van der Waals surface area contributed by atoms with E-state index in [4.69, 9.17) is 4.74 Å². The maximum Gasteiger partial charge on any atom is 0.290 e. The van der Waals surface area contributed by atoms with Gasteiger partial charge < -0.3 is 19.6 Å². The van der Waals surface area contributed by atoms with E-state index < -0.39 is 17.7 Å². The summed E-state index contributed by atoms with van der Waals surface area (Å²) in [6.45, 7) is 5.88. The van der Waals surface area contributed by atoms with Crippen LogP contribution in [0.4, 0.5) is 0 Å². The Morgan fingerprint density at radius 3 is 2.68 bits per heavy atom. The first-order valence-electron chi connectivity index (χ1n) is 10.5. The predicted molar refractivity (Wildman–Crippen MR) is 123 cm³/mol. The molecule has 0 fully saturated rings. The molecule has 2 aromatic rings. The summed E-state index contributed by atoms with van der Waals surface area (Å²) >= 11 is 1.30. The fraction of sp³-hybridized carbons (Fsp3) is 0.417. The number of hydrogen-bond acceptors (Lipinski definition) is 6. The van der Waals surface area contributed by atoms with Gasteiger partial charge in [-0.1, -0.05) is 32.0 Å². The Hall–Kier alpha value is -2.64. The van der Waals surface area contributed by atoms with E-state index in [1.54, 1.807) is 17.0 Å². The van der Waals surface area contributed by atoms with Gasteiger partial charge in [0.2, 0.25) is 5.78 Å². The first kappa shape index (κ1) is 23.0. The first-order valence-corrected chi connectivity index (χ1v) is 11.4. The lowest BCUT2D eigenvalue weighted by atomic mass is 9.95. The Morgan fingerprint density at radius 1 is 1.26 bits per heavy atom. The van der Waals surface area contributed by atoms with Crippen LogP contribution in [0.5, 0.6) is 5.75 Å². The Bertz CT molecular complexity index is 950. The summed E-state index contributed by atoms with van der Waals surface area (Å²) in [6.07, 6.45) is 0.934. The topological polar surface area (TPSA) is 70.1 Å². The van der Waals surface area contributed by atoms with Crippen molar-refractivity contribution in [1.29, 1.82) is 0 Å². The first-order chi connectivity index (χ1) is 14.8. The van der Waals surface area contributed by atoms with Crippen molar-refractivity contribution in [2.24, 2.45) is 5.92 Å². The summed E-state index contributed by atoms with van der Waals surface area (Å²) in [5.41, 5.74) is 0.878. The average Bonchev–Trinajstić information content (AvgIpc) is 3.34. The quantitative estimate of drug-likeness (QED) is 0.555. The van der Waals surface area contributed by atoms with Crippen molar-refractivity contribution in [3.05, 3.63) is 63.6 Å². The molecule has 1 amide bonds. The molecule has 6 nitrogen and oxygen atoms in total. The van der Waals surface area contributed by atoms with Crippen LogP contribution in [0.25, 0.3) is 0 Å². The number of rotatable bonds is 10. The van der Waals surface area contributed by atoms with Gasteiger partial charge in [0.25, 0.3) is 5.91 Å². The number of likely N-dealkylation sites (N-methyl/N-ethyl adjacent to an activating group) is 1. The lowest BCUT2D eigenvalue weighted by Gasteiger charge is -2.28. The van der Waals surface area contributed by atoms with Crippen molar-refractivity contribution >= 4 is 23.0 Å². The molecule has 0 saturated carbocycles. The van der Waals surface area contributed by atoms with Gasteiger partial charge in [-0.15, -0.1) is 11.3 Å². The largest absolute Gasteiger partial charge is 0.503 e. The number of thiophene rings is 1. The molecule has 1 aromatic carbocycles. The maximum absolute atomic E-state index is 13.2. The van der Waals surface area contributed by atoms with E-state index >= 15 is 0 Å². The van der Waals surface area contributed by atoms with Crippen molar-refractivity contribution in [3.8, 4) is 5.75 Å². The minimum atomic E-state index is -0.657. The summed E-state index contributed by atoms with van der Waals surface area (Å²) < 4.78 is 5.90. The van der Waals surface area contributed by atoms with Crippen LogP contribution < -0.4 is 4.74 Å². The number of ether oxygens (including phenoxy) is 1. The molecule has 0 aliphatic carbocycles. The highest BCUT2D eigenvalue weighted by Gasteiger charge is 2.43. The van der Waals surface area contributed by atoms with E-state index in [0.717, 1.165) is 12.0 Å². The number of hydrogen-bond donors (Lipinski definition) is 1. The van der Waals surface area contributed by atoms with E-state index in [1.807, 2.05) is 48.6 Å². The zero-order chi connectivity index (χ0) is 22.5. The second kappa shape index (κ2) is 10.1. The summed E-state index contributed by atoms with van der Waals surface area (Å²) in [4.78, 5) is 30.2. The summed E-state index contributed by atoms with van der Waals surface area (Å²) in [7, 11) is 3.84. The monoisotopic (exact) mass is 442 g/mol. The van der Waals surface area contributed by atoms with Gasteiger partial charge in [-0.2, -0.15) is 0 Å². The number of ketones is 1. The number of nitrogens with zero attached hydrogens (tertiary/aromatic N) is 2. The molecular weight excluding hydrogens is 412 g/mol. The zero-order valence-corrected chi connectivity index (χ0v) is 19.3. The van der Waals surface area contributed by atoms with Gasteiger partial charge in [0.15, 0.2) is 5.76 Å². The number of Topliss-reactive ketones (excluding diaryl/α,β-unsaturated/α-hetero) is 1. The normalized spacial score (nSPS) is 16.6. The number of amides is 1. The van der Waals surface area contributed by atoms with Crippen LogP contribution in [0.1, 0.15) is 41.5 Å². The van der Waals surface area contributed by atoms with Crippen molar-refractivity contribution in [3.63, 3.8) is 0 Å². The third kappa shape index (κ3) is 5.35. The zero-order valence-electron chi connectivity index (χ0n) is 18.5. The third-order valence-corrected chi connectivity index (χ3v) is 6.09. The fourth-order valence-corrected chi connectivity index (χ4v) is 4.18. The van der Waals surface area contributed by atoms with Crippen molar-refractivity contribution in [1.82, 2.24) is 9.80 Å². The van der Waals surface area contributed by atoms with Gasteiger partial charge in [0.1, 0.15) is 5.75 Å². The lowest BCUT2D eigenvalue weighted by Crippen LogP contribution is -2.36. The van der Waals surface area contributed by atoms with Gasteiger partial charge in [0, 0.05) is 13.1 Å². The molecular formula is C24H30N2O4S. The van der Waals surface area contributed by atoms with Crippen molar-refractivity contribution in [2.45, 2.75) is 26.3 Å². The smallest absolute Gasteiger partial charge is 0.290 e. The van der Waals surface area contributed by atoms with Crippen LogP contribution >= 0.6 is 11.3 Å². The predicted octanol–water partition coefficient (Wildman–Crippen LogP) is 4.31. The summed E-state index contributed by atoms with van der Waals surface area (Å²) in [5.74, 6) is -0.0740. The van der Waals surface area contributed by atoms with Crippen LogP contribution in [0.15, 0.2) is 53.1 Å². The van der Waals surface area contributed by atoms with Crippen LogP contribution in [-0.2, 0) is 4.79 Å². The molecule has 1 aromatic heterocycles. The van der Waals surface area contributed by atoms with Gasteiger partial charge in [-0.05, 0) is 55.6 Å². The Balaban J connectivity index is 1.97. The van der Waals surface area contributed by atoms with Gasteiger partial charge in [-0.25, -0.2) is 0 Å². The SMILES string of the molecule is CC(C)CCOc1cccc(C2C(C(=O)c3cccs3)=C(O)C(=O)N2CCN(C)C)c1.